The maximum absolute atomic E-state index is 11.6. The van der Waals surface area contributed by atoms with Crippen molar-refractivity contribution in [2.45, 2.75) is 25.9 Å². The lowest BCUT2D eigenvalue weighted by molar-refractivity contribution is -0.148. The summed E-state index contributed by atoms with van der Waals surface area (Å²) in [5.41, 5.74) is 5.43. The van der Waals surface area contributed by atoms with E-state index in [0.29, 0.717) is 5.76 Å². The fraction of sp³-hybridized carbons (Fsp3) is 0.455. The minimum absolute atomic E-state index is 0.188. The molecule has 94 valence electrons. The van der Waals surface area contributed by atoms with Crippen LogP contribution in [0.2, 0.25) is 0 Å². The molecule has 6 nitrogen and oxygen atoms in total. The van der Waals surface area contributed by atoms with Gasteiger partial charge in [0.25, 0.3) is 0 Å². The molecule has 1 aromatic rings. The Morgan fingerprint density at radius 1 is 1.59 bits per heavy atom. The number of esters is 1. The molecule has 0 saturated carbocycles. The Labute approximate surface area is 99.1 Å². The molecular formula is C11H16N2O4. The second-order valence-corrected chi connectivity index (χ2v) is 3.48. The molecule has 0 spiro atoms. The van der Waals surface area contributed by atoms with Crippen LogP contribution < -0.4 is 11.1 Å². The van der Waals surface area contributed by atoms with Crippen molar-refractivity contribution in [3.8, 4) is 0 Å². The van der Waals surface area contributed by atoms with Crippen molar-refractivity contribution in [2.24, 2.45) is 5.73 Å². The number of carbonyl (C=O) groups excluding carboxylic acids is 2. The van der Waals surface area contributed by atoms with E-state index in [-0.39, 0.29) is 12.6 Å². The van der Waals surface area contributed by atoms with E-state index < -0.39 is 17.9 Å². The van der Waals surface area contributed by atoms with Crippen LogP contribution in [0.4, 0.5) is 0 Å². The minimum Gasteiger partial charge on any atom is -0.467 e. The third kappa shape index (κ3) is 3.60. The molecule has 0 aliphatic rings. The first-order chi connectivity index (χ1) is 8.06. The maximum Gasteiger partial charge on any atom is 0.332 e. The third-order valence-electron chi connectivity index (χ3n) is 2.15. The van der Waals surface area contributed by atoms with Crippen LogP contribution in [0.5, 0.6) is 0 Å². The topological polar surface area (TPSA) is 94.6 Å². The van der Waals surface area contributed by atoms with Crippen LogP contribution >= 0.6 is 0 Å². The summed E-state index contributed by atoms with van der Waals surface area (Å²) in [5, 5.41) is 2.56. The minimum atomic E-state index is -1.31. The van der Waals surface area contributed by atoms with Gasteiger partial charge in [-0.15, -0.1) is 0 Å². The summed E-state index contributed by atoms with van der Waals surface area (Å²) in [6.07, 6.45) is 1.50. The lowest BCUT2D eigenvalue weighted by atomic mass is 10.2. The fourth-order valence-electron chi connectivity index (χ4n) is 1.25. The first kappa shape index (κ1) is 13.2. The van der Waals surface area contributed by atoms with E-state index in [1.54, 1.807) is 26.0 Å². The molecule has 0 aliphatic carbocycles. The van der Waals surface area contributed by atoms with Gasteiger partial charge in [-0.1, -0.05) is 0 Å². The average Bonchev–Trinajstić information content (AvgIpc) is 2.81. The number of amides is 1. The van der Waals surface area contributed by atoms with E-state index >= 15 is 0 Å². The summed E-state index contributed by atoms with van der Waals surface area (Å²) in [5.74, 6) is -0.738. The molecule has 0 radical (unpaired) electrons. The Morgan fingerprint density at radius 2 is 2.29 bits per heavy atom. The summed E-state index contributed by atoms with van der Waals surface area (Å²) in [6, 6.07) is 1.77. The van der Waals surface area contributed by atoms with Gasteiger partial charge in [0.05, 0.1) is 18.9 Å². The predicted molar refractivity (Wildman–Crippen MR) is 59.9 cm³/mol. The van der Waals surface area contributed by atoms with Gasteiger partial charge in [0.1, 0.15) is 5.76 Å². The number of hydrogen-bond acceptors (Lipinski definition) is 5. The molecule has 3 N–H and O–H groups in total. The molecule has 1 heterocycles. The molecule has 6 heteroatoms. The molecule has 0 saturated heterocycles. The number of nitrogens with two attached hydrogens (primary N) is 1. The van der Waals surface area contributed by atoms with Crippen LogP contribution in [0.3, 0.4) is 0 Å². The van der Waals surface area contributed by atoms with Crippen molar-refractivity contribution in [3.63, 3.8) is 0 Å². The Morgan fingerprint density at radius 3 is 2.82 bits per heavy atom. The smallest absolute Gasteiger partial charge is 0.332 e. The highest BCUT2D eigenvalue weighted by Crippen LogP contribution is 2.11. The van der Waals surface area contributed by atoms with Gasteiger partial charge in [-0.3, -0.25) is 4.79 Å². The van der Waals surface area contributed by atoms with Crippen LogP contribution in [0.25, 0.3) is 0 Å². The van der Waals surface area contributed by atoms with E-state index in [0.717, 1.165) is 0 Å². The Kier molecular flexibility index (Phi) is 4.71. The number of hydrogen-bond donors (Lipinski definition) is 2. The largest absolute Gasteiger partial charge is 0.467 e. The number of nitrogens with one attached hydrogen (secondary N) is 1. The van der Waals surface area contributed by atoms with Crippen molar-refractivity contribution in [1.29, 1.82) is 0 Å². The molecule has 2 atom stereocenters. The summed E-state index contributed by atoms with van der Waals surface area (Å²) in [7, 11) is 0. The van der Waals surface area contributed by atoms with Crippen LogP contribution in [0, 0.1) is 0 Å². The maximum atomic E-state index is 11.6. The van der Waals surface area contributed by atoms with Crippen molar-refractivity contribution < 1.29 is 18.7 Å². The van der Waals surface area contributed by atoms with Gasteiger partial charge < -0.3 is 20.2 Å². The first-order valence-electron chi connectivity index (χ1n) is 5.32. The van der Waals surface area contributed by atoms with E-state index in [2.05, 4.69) is 10.1 Å². The molecule has 1 unspecified atom stereocenters. The zero-order chi connectivity index (χ0) is 12.8. The standard InChI is InChI=1S/C11H16N2O4/c1-3-16-11(15)9(12)10(14)13-7(2)8-5-4-6-17-8/h4-7,9H,3,12H2,1-2H3,(H,13,14)/t7-,9?/m0/s1. The van der Waals surface area contributed by atoms with Gasteiger partial charge in [-0.25, -0.2) is 4.79 Å². The SMILES string of the molecule is CCOC(=O)C(N)C(=O)N[C@@H](C)c1ccco1. The number of carbonyl (C=O) groups is 2. The molecule has 1 rings (SSSR count). The molecule has 0 aliphatic heterocycles. The van der Waals surface area contributed by atoms with Gasteiger partial charge in [-0.05, 0) is 26.0 Å². The summed E-state index contributed by atoms with van der Waals surface area (Å²) >= 11 is 0. The van der Waals surface area contributed by atoms with Gasteiger partial charge in [0.2, 0.25) is 5.91 Å². The quantitative estimate of drug-likeness (QED) is 0.572. The van der Waals surface area contributed by atoms with Crippen molar-refractivity contribution in [2.75, 3.05) is 6.61 Å². The van der Waals surface area contributed by atoms with Gasteiger partial charge in [0.15, 0.2) is 6.04 Å². The van der Waals surface area contributed by atoms with Crippen LogP contribution in [0.1, 0.15) is 25.6 Å². The third-order valence-corrected chi connectivity index (χ3v) is 2.15. The zero-order valence-electron chi connectivity index (χ0n) is 9.80. The van der Waals surface area contributed by atoms with E-state index in [1.807, 2.05) is 0 Å². The average molecular weight is 240 g/mol. The monoisotopic (exact) mass is 240 g/mol. The second kappa shape index (κ2) is 6.05. The number of furan rings is 1. The van der Waals surface area contributed by atoms with Gasteiger partial charge in [0, 0.05) is 0 Å². The molecular weight excluding hydrogens is 224 g/mol. The second-order valence-electron chi connectivity index (χ2n) is 3.48. The number of ether oxygens (including phenoxy) is 1. The first-order valence-corrected chi connectivity index (χ1v) is 5.32. The normalized spacial score (nSPS) is 13.8. The molecule has 0 fully saturated rings. The summed E-state index contributed by atoms with van der Waals surface area (Å²) in [4.78, 5) is 22.8. The number of rotatable bonds is 5. The lowest BCUT2D eigenvalue weighted by Gasteiger charge is -2.14. The van der Waals surface area contributed by atoms with Crippen LogP contribution in [-0.4, -0.2) is 24.5 Å². The zero-order valence-corrected chi connectivity index (χ0v) is 9.80. The molecule has 17 heavy (non-hydrogen) atoms. The Bertz CT molecular complexity index is 375. The fourth-order valence-corrected chi connectivity index (χ4v) is 1.25. The Hall–Kier alpha value is -1.82. The highest BCUT2D eigenvalue weighted by molar-refractivity contribution is 6.01. The molecule has 1 amide bonds. The predicted octanol–water partition coefficient (Wildman–Crippen LogP) is 0.347. The van der Waals surface area contributed by atoms with Gasteiger partial charge >= 0.3 is 5.97 Å². The van der Waals surface area contributed by atoms with Crippen LogP contribution in [0.15, 0.2) is 22.8 Å². The highest BCUT2D eigenvalue weighted by Gasteiger charge is 2.25. The Balaban J connectivity index is 2.51. The molecule has 0 bridgehead atoms. The van der Waals surface area contributed by atoms with Gasteiger partial charge in [-0.2, -0.15) is 0 Å². The van der Waals surface area contributed by atoms with E-state index in [4.69, 9.17) is 10.2 Å². The van der Waals surface area contributed by atoms with Crippen molar-refractivity contribution in [1.82, 2.24) is 5.32 Å². The summed E-state index contributed by atoms with van der Waals surface area (Å²) in [6.45, 7) is 3.57. The van der Waals surface area contributed by atoms with E-state index in [9.17, 15) is 9.59 Å². The van der Waals surface area contributed by atoms with Crippen molar-refractivity contribution in [3.05, 3.63) is 24.2 Å². The van der Waals surface area contributed by atoms with Crippen LogP contribution in [-0.2, 0) is 14.3 Å². The van der Waals surface area contributed by atoms with E-state index in [1.165, 1.54) is 6.26 Å². The molecule has 1 aromatic heterocycles. The van der Waals surface area contributed by atoms with Crippen molar-refractivity contribution >= 4 is 11.9 Å². The highest BCUT2D eigenvalue weighted by atomic mass is 16.5. The molecule has 0 aromatic carbocycles. The lowest BCUT2D eigenvalue weighted by Crippen LogP contribution is -2.47. The summed E-state index contributed by atoms with van der Waals surface area (Å²) < 4.78 is 9.76.